The van der Waals surface area contributed by atoms with Gasteiger partial charge in [0.15, 0.2) is 0 Å². The number of amides is 1. The molecule has 1 rings (SSSR count). The van der Waals surface area contributed by atoms with Gasteiger partial charge in [-0.3, -0.25) is 19.7 Å². The first-order valence-electron chi connectivity index (χ1n) is 5.62. The Morgan fingerprint density at radius 1 is 1.50 bits per heavy atom. The number of aryl methyl sites for hydroxylation is 1. The molecule has 0 bridgehead atoms. The number of ether oxygens (including phenoxy) is 1. The number of benzene rings is 1. The van der Waals surface area contributed by atoms with Crippen molar-refractivity contribution < 1.29 is 19.2 Å². The Labute approximate surface area is 120 Å². The van der Waals surface area contributed by atoms with Gasteiger partial charge in [-0.2, -0.15) is 0 Å². The number of esters is 1. The second-order valence-corrected chi connectivity index (χ2v) is 4.46. The standard InChI is InChI=1S/C12H13ClN2O5/c1-7-4-3-5-8(10(7)15(18)19)11(16)14-6-9(13)12(17)20-2/h3-5,9H,6H2,1-2H3,(H,14,16). The first kappa shape index (κ1) is 15.9. The van der Waals surface area contributed by atoms with Crippen molar-refractivity contribution in [2.24, 2.45) is 0 Å². The van der Waals surface area contributed by atoms with Gasteiger partial charge < -0.3 is 10.1 Å². The summed E-state index contributed by atoms with van der Waals surface area (Å²) >= 11 is 5.67. The summed E-state index contributed by atoms with van der Waals surface area (Å²) in [6.45, 7) is 1.35. The maximum atomic E-state index is 11.9. The molecule has 0 aliphatic rings. The van der Waals surface area contributed by atoms with Gasteiger partial charge in [0.05, 0.1) is 12.0 Å². The first-order valence-corrected chi connectivity index (χ1v) is 6.06. The number of carbonyl (C=O) groups is 2. The Morgan fingerprint density at radius 3 is 2.70 bits per heavy atom. The molecule has 1 aromatic rings. The summed E-state index contributed by atoms with van der Waals surface area (Å²) < 4.78 is 4.40. The number of para-hydroxylation sites is 1. The van der Waals surface area contributed by atoms with E-state index in [2.05, 4.69) is 10.1 Å². The maximum absolute atomic E-state index is 11.9. The number of nitro groups is 1. The third-order valence-corrected chi connectivity index (χ3v) is 2.90. The van der Waals surface area contributed by atoms with Crippen LogP contribution in [0.4, 0.5) is 5.69 Å². The van der Waals surface area contributed by atoms with Crippen LogP contribution in [0.3, 0.4) is 0 Å². The van der Waals surface area contributed by atoms with Crippen molar-refractivity contribution in [3.05, 3.63) is 39.4 Å². The summed E-state index contributed by atoms with van der Waals surface area (Å²) in [4.78, 5) is 33.3. The lowest BCUT2D eigenvalue weighted by atomic mass is 10.1. The Hall–Kier alpha value is -2.15. The monoisotopic (exact) mass is 300 g/mol. The van der Waals surface area contributed by atoms with E-state index in [-0.39, 0.29) is 17.8 Å². The zero-order valence-corrected chi connectivity index (χ0v) is 11.6. The normalized spacial score (nSPS) is 11.6. The van der Waals surface area contributed by atoms with Crippen LogP contribution in [0.25, 0.3) is 0 Å². The van der Waals surface area contributed by atoms with E-state index in [1.165, 1.54) is 32.2 Å². The smallest absolute Gasteiger partial charge is 0.325 e. The molecule has 108 valence electrons. The van der Waals surface area contributed by atoms with Crippen LogP contribution >= 0.6 is 11.6 Å². The van der Waals surface area contributed by atoms with Crippen molar-refractivity contribution in [1.29, 1.82) is 0 Å². The van der Waals surface area contributed by atoms with Crippen LogP contribution in [0, 0.1) is 17.0 Å². The number of carbonyl (C=O) groups excluding carboxylic acids is 2. The Balaban J connectivity index is 2.86. The third kappa shape index (κ3) is 3.67. The average molecular weight is 301 g/mol. The molecular formula is C12H13ClN2O5. The van der Waals surface area contributed by atoms with Crippen LogP contribution < -0.4 is 5.32 Å². The number of hydrogen-bond acceptors (Lipinski definition) is 5. The lowest BCUT2D eigenvalue weighted by Gasteiger charge is -2.09. The highest BCUT2D eigenvalue weighted by atomic mass is 35.5. The van der Waals surface area contributed by atoms with Gasteiger partial charge in [-0.15, -0.1) is 11.6 Å². The molecule has 0 aliphatic carbocycles. The summed E-state index contributed by atoms with van der Waals surface area (Å²) in [7, 11) is 1.17. The van der Waals surface area contributed by atoms with Crippen LogP contribution in [0.5, 0.6) is 0 Å². The van der Waals surface area contributed by atoms with Gasteiger partial charge in [0.2, 0.25) is 0 Å². The Kier molecular flexibility index (Phi) is 5.45. The van der Waals surface area contributed by atoms with Crippen LogP contribution in [0.2, 0.25) is 0 Å². The fourth-order valence-electron chi connectivity index (χ4n) is 1.57. The fourth-order valence-corrected chi connectivity index (χ4v) is 1.74. The Morgan fingerprint density at radius 2 is 2.15 bits per heavy atom. The molecule has 1 unspecified atom stereocenters. The molecular weight excluding hydrogens is 288 g/mol. The van der Waals surface area contributed by atoms with Crippen molar-refractivity contribution in [1.82, 2.24) is 5.32 Å². The summed E-state index contributed by atoms with van der Waals surface area (Å²) in [6, 6.07) is 4.41. The highest BCUT2D eigenvalue weighted by molar-refractivity contribution is 6.30. The zero-order valence-electron chi connectivity index (χ0n) is 10.9. The average Bonchev–Trinajstić information content (AvgIpc) is 2.42. The molecule has 0 aromatic heterocycles. The molecule has 0 saturated heterocycles. The Bertz CT molecular complexity index is 547. The predicted octanol–water partition coefficient (Wildman–Crippen LogP) is 1.41. The predicted molar refractivity (Wildman–Crippen MR) is 71.8 cm³/mol. The fraction of sp³-hybridized carbons (Fsp3) is 0.333. The molecule has 1 atom stereocenters. The van der Waals surface area contributed by atoms with E-state index >= 15 is 0 Å². The van der Waals surface area contributed by atoms with Gasteiger partial charge in [-0.25, -0.2) is 0 Å². The van der Waals surface area contributed by atoms with Crippen molar-refractivity contribution >= 4 is 29.2 Å². The third-order valence-electron chi connectivity index (χ3n) is 2.56. The van der Waals surface area contributed by atoms with Gasteiger partial charge in [-0.05, 0) is 13.0 Å². The zero-order chi connectivity index (χ0) is 15.3. The highest BCUT2D eigenvalue weighted by Gasteiger charge is 2.23. The number of nitrogens with zero attached hydrogens (tertiary/aromatic N) is 1. The van der Waals surface area contributed by atoms with E-state index in [0.29, 0.717) is 5.56 Å². The minimum Gasteiger partial charge on any atom is -0.468 e. The van der Waals surface area contributed by atoms with Gasteiger partial charge >= 0.3 is 5.97 Å². The molecule has 1 amide bonds. The quantitative estimate of drug-likeness (QED) is 0.384. The summed E-state index contributed by atoms with van der Waals surface area (Å²) in [5.41, 5.74) is 0.0240. The van der Waals surface area contributed by atoms with E-state index in [0.717, 1.165) is 0 Å². The van der Waals surface area contributed by atoms with E-state index in [1.807, 2.05) is 0 Å². The number of methoxy groups -OCH3 is 1. The number of hydrogen-bond donors (Lipinski definition) is 1. The molecule has 8 heteroatoms. The number of halogens is 1. The van der Waals surface area contributed by atoms with Crippen LogP contribution in [-0.4, -0.2) is 35.8 Å². The lowest BCUT2D eigenvalue weighted by molar-refractivity contribution is -0.385. The van der Waals surface area contributed by atoms with Crippen LogP contribution in [0.15, 0.2) is 18.2 Å². The van der Waals surface area contributed by atoms with Crippen molar-refractivity contribution in [3.8, 4) is 0 Å². The summed E-state index contributed by atoms with van der Waals surface area (Å²) in [6.07, 6.45) is 0. The molecule has 1 aromatic carbocycles. The van der Waals surface area contributed by atoms with E-state index in [9.17, 15) is 19.7 Å². The molecule has 0 fully saturated rings. The van der Waals surface area contributed by atoms with Crippen LogP contribution in [-0.2, 0) is 9.53 Å². The van der Waals surface area contributed by atoms with Gasteiger partial charge in [0.25, 0.3) is 11.6 Å². The molecule has 0 spiro atoms. The molecule has 20 heavy (non-hydrogen) atoms. The van der Waals surface area contributed by atoms with Crippen molar-refractivity contribution in [3.63, 3.8) is 0 Å². The molecule has 0 saturated carbocycles. The molecule has 0 radical (unpaired) electrons. The molecule has 0 aliphatic heterocycles. The number of alkyl halides is 1. The highest BCUT2D eigenvalue weighted by Crippen LogP contribution is 2.22. The minimum atomic E-state index is -1.05. The SMILES string of the molecule is COC(=O)C(Cl)CNC(=O)c1cccc(C)c1[N+](=O)[O-]. The maximum Gasteiger partial charge on any atom is 0.325 e. The number of nitrogens with one attached hydrogen (secondary N) is 1. The van der Waals surface area contributed by atoms with Gasteiger partial charge in [0.1, 0.15) is 10.9 Å². The summed E-state index contributed by atoms with van der Waals surface area (Å²) in [5.74, 6) is -1.36. The van der Waals surface area contributed by atoms with Crippen molar-refractivity contribution in [2.75, 3.05) is 13.7 Å². The van der Waals surface area contributed by atoms with Gasteiger partial charge in [-0.1, -0.05) is 12.1 Å². The molecule has 0 heterocycles. The first-order chi connectivity index (χ1) is 9.38. The second kappa shape index (κ2) is 6.85. The summed E-state index contributed by atoms with van der Waals surface area (Å²) in [5, 5.41) is 12.3. The van der Waals surface area contributed by atoms with E-state index in [1.54, 1.807) is 0 Å². The number of rotatable bonds is 5. The molecule has 1 N–H and O–H groups in total. The van der Waals surface area contributed by atoms with Crippen molar-refractivity contribution in [2.45, 2.75) is 12.3 Å². The van der Waals surface area contributed by atoms with E-state index < -0.39 is 22.2 Å². The number of nitro benzene ring substituents is 1. The lowest BCUT2D eigenvalue weighted by Crippen LogP contribution is -2.34. The topological polar surface area (TPSA) is 98.5 Å². The van der Waals surface area contributed by atoms with E-state index in [4.69, 9.17) is 11.6 Å². The molecule has 7 nitrogen and oxygen atoms in total. The van der Waals surface area contributed by atoms with Gasteiger partial charge in [0, 0.05) is 12.1 Å². The minimum absolute atomic E-state index is 0.0799. The largest absolute Gasteiger partial charge is 0.468 e. The van der Waals surface area contributed by atoms with Crippen LogP contribution in [0.1, 0.15) is 15.9 Å². The second-order valence-electron chi connectivity index (χ2n) is 3.93.